The van der Waals surface area contributed by atoms with Gasteiger partial charge in [-0.1, -0.05) is 42.5 Å². The molecule has 5 aromatic carbocycles. The van der Waals surface area contributed by atoms with Crippen LogP contribution in [-0.2, 0) is 25.7 Å². The average molecular weight is 697 g/mol. The summed E-state index contributed by atoms with van der Waals surface area (Å²) in [6.07, 6.45) is -5.32. The van der Waals surface area contributed by atoms with Gasteiger partial charge in [-0.3, -0.25) is 0 Å². The van der Waals surface area contributed by atoms with Gasteiger partial charge in [0.2, 0.25) is 0 Å². The monoisotopic (exact) mass is 696 g/mol. The summed E-state index contributed by atoms with van der Waals surface area (Å²) in [5, 5.41) is 0. The van der Waals surface area contributed by atoms with Crippen molar-refractivity contribution in [2.24, 2.45) is 0 Å². The number of halogens is 7. The first kappa shape index (κ1) is 33.5. The standard InChI is InChI=1S/C32H19F7O6S2/c33-23-8-12-25(13-9-23)46(40,41)44-29-16-6-21(18-27(29)35)31(32(37,38)39,20-4-2-1-3-5-20)22-7-17-30(28(36)19-22)45-47(42,43)26-14-10-24(34)11-15-26/h1-19H. The van der Waals surface area contributed by atoms with Crippen molar-refractivity contribution in [3.05, 3.63) is 155 Å². The number of benzene rings is 5. The minimum Gasteiger partial charge on any atom is -0.376 e. The molecule has 0 amide bonds. The molecule has 6 nitrogen and oxygen atoms in total. The summed E-state index contributed by atoms with van der Waals surface area (Å²) >= 11 is 0. The van der Waals surface area contributed by atoms with Crippen LogP contribution in [0.4, 0.5) is 30.7 Å². The van der Waals surface area contributed by atoms with Gasteiger partial charge in [0, 0.05) is 0 Å². The molecular formula is C32H19F7O6S2. The first-order chi connectivity index (χ1) is 22.0. The second-order valence-corrected chi connectivity index (χ2v) is 13.0. The third-order valence-electron chi connectivity index (χ3n) is 6.97. The molecule has 244 valence electrons. The molecule has 0 spiro atoms. The number of rotatable bonds is 9. The van der Waals surface area contributed by atoms with Crippen LogP contribution >= 0.6 is 0 Å². The third kappa shape index (κ3) is 6.53. The highest BCUT2D eigenvalue weighted by Crippen LogP contribution is 2.52. The minimum absolute atomic E-state index is 0.372. The van der Waals surface area contributed by atoms with Crippen LogP contribution in [0.2, 0.25) is 0 Å². The first-order valence-electron chi connectivity index (χ1n) is 13.2. The largest absolute Gasteiger partial charge is 0.406 e. The van der Waals surface area contributed by atoms with E-state index in [4.69, 9.17) is 8.37 Å². The summed E-state index contributed by atoms with van der Waals surface area (Å²) in [5.41, 5.74) is -5.47. The van der Waals surface area contributed by atoms with Crippen molar-refractivity contribution < 1.29 is 55.9 Å². The first-order valence-corrected chi connectivity index (χ1v) is 16.0. The maximum absolute atomic E-state index is 15.4. The SMILES string of the molecule is O=S(=O)(Oc1ccc(C(c2ccccc2)(c2ccc(OS(=O)(=O)c3ccc(F)cc3)c(F)c2)C(F)(F)F)cc1F)c1ccc(F)cc1. The average Bonchev–Trinajstić information content (AvgIpc) is 3.00. The second-order valence-electron chi connectivity index (χ2n) is 9.89. The van der Waals surface area contributed by atoms with E-state index in [0.29, 0.717) is 24.3 Å². The molecule has 0 N–H and O–H groups in total. The summed E-state index contributed by atoms with van der Waals surface area (Å²) < 4.78 is 164. The molecule has 5 aromatic rings. The van der Waals surface area contributed by atoms with Crippen LogP contribution in [0, 0.1) is 23.3 Å². The van der Waals surface area contributed by atoms with Crippen LogP contribution in [0.25, 0.3) is 0 Å². The van der Waals surface area contributed by atoms with Gasteiger partial charge >= 0.3 is 26.4 Å². The highest BCUT2D eigenvalue weighted by molar-refractivity contribution is 7.87. The van der Waals surface area contributed by atoms with Gasteiger partial charge in [-0.05, 0) is 89.5 Å². The fourth-order valence-electron chi connectivity index (χ4n) is 4.82. The van der Waals surface area contributed by atoms with Crippen LogP contribution in [0.1, 0.15) is 16.7 Å². The summed E-state index contributed by atoms with van der Waals surface area (Å²) in [5.74, 6) is -6.58. The van der Waals surface area contributed by atoms with E-state index < -0.39 is 93.1 Å². The Hall–Kier alpha value is -4.89. The number of hydrogen-bond acceptors (Lipinski definition) is 6. The highest BCUT2D eigenvalue weighted by atomic mass is 32.2. The molecule has 15 heteroatoms. The van der Waals surface area contributed by atoms with Gasteiger partial charge in [0.15, 0.2) is 23.1 Å². The summed E-state index contributed by atoms with van der Waals surface area (Å²) in [6.45, 7) is 0. The van der Waals surface area contributed by atoms with Gasteiger partial charge in [-0.25, -0.2) is 17.6 Å². The molecule has 0 radical (unpaired) electrons. The minimum atomic E-state index is -5.32. The molecule has 0 saturated heterocycles. The van der Waals surface area contributed by atoms with E-state index in [9.17, 15) is 25.6 Å². The molecule has 47 heavy (non-hydrogen) atoms. The molecule has 0 atom stereocenters. The Morgan fingerprint density at radius 3 is 1.19 bits per heavy atom. The summed E-state index contributed by atoms with van der Waals surface area (Å²) in [6, 6.07) is 16.1. The Balaban J connectivity index is 1.61. The van der Waals surface area contributed by atoms with E-state index in [1.165, 1.54) is 18.2 Å². The number of hydrogen-bond donors (Lipinski definition) is 0. The molecule has 5 rings (SSSR count). The van der Waals surface area contributed by atoms with Gasteiger partial charge < -0.3 is 8.37 Å². The zero-order chi connectivity index (χ0) is 34.2. The topological polar surface area (TPSA) is 86.7 Å². The fraction of sp³-hybridized carbons (Fsp3) is 0.0625. The van der Waals surface area contributed by atoms with Gasteiger partial charge in [0.25, 0.3) is 0 Å². The summed E-state index contributed by atoms with van der Waals surface area (Å²) in [4.78, 5) is -1.12. The molecule has 0 unspecified atom stereocenters. The smallest absolute Gasteiger partial charge is 0.376 e. The Bertz CT molecular complexity index is 2010. The van der Waals surface area contributed by atoms with Crippen LogP contribution in [-0.4, -0.2) is 23.0 Å². The maximum Gasteiger partial charge on any atom is 0.406 e. The lowest BCUT2D eigenvalue weighted by Gasteiger charge is -2.37. The van der Waals surface area contributed by atoms with Crippen LogP contribution in [0.5, 0.6) is 11.5 Å². The zero-order valence-corrected chi connectivity index (χ0v) is 25.0. The predicted octanol–water partition coefficient (Wildman–Crippen LogP) is 7.68. The van der Waals surface area contributed by atoms with Crippen molar-refractivity contribution in [2.75, 3.05) is 0 Å². The van der Waals surface area contributed by atoms with E-state index in [1.54, 1.807) is 0 Å². The zero-order valence-electron chi connectivity index (χ0n) is 23.4. The van der Waals surface area contributed by atoms with Crippen molar-refractivity contribution in [1.29, 1.82) is 0 Å². The van der Waals surface area contributed by atoms with Gasteiger partial charge in [-0.2, -0.15) is 30.0 Å². The second kappa shape index (κ2) is 12.4. The van der Waals surface area contributed by atoms with Crippen molar-refractivity contribution in [2.45, 2.75) is 21.4 Å². The van der Waals surface area contributed by atoms with E-state index in [1.807, 2.05) is 0 Å². The Labute approximate surface area is 263 Å². The highest BCUT2D eigenvalue weighted by Gasteiger charge is 2.58. The molecular weight excluding hydrogens is 677 g/mol. The van der Waals surface area contributed by atoms with Crippen LogP contribution in [0.15, 0.2) is 125 Å². The van der Waals surface area contributed by atoms with Crippen LogP contribution < -0.4 is 8.37 Å². The van der Waals surface area contributed by atoms with E-state index in [-0.39, 0.29) is 0 Å². The lowest BCUT2D eigenvalue weighted by Crippen LogP contribution is -2.44. The quantitative estimate of drug-likeness (QED) is 0.0894. The van der Waals surface area contributed by atoms with Crippen molar-refractivity contribution >= 4 is 20.2 Å². The third-order valence-corrected chi connectivity index (χ3v) is 9.46. The van der Waals surface area contributed by atoms with E-state index in [2.05, 4.69) is 0 Å². The molecule has 0 bridgehead atoms. The van der Waals surface area contributed by atoms with Crippen molar-refractivity contribution in [3.63, 3.8) is 0 Å². The molecule has 0 fully saturated rings. The number of alkyl halides is 3. The van der Waals surface area contributed by atoms with E-state index in [0.717, 1.165) is 72.8 Å². The maximum atomic E-state index is 15.4. The molecule has 0 aliphatic rings. The molecule has 0 heterocycles. The normalized spacial score (nSPS) is 12.5. The van der Waals surface area contributed by atoms with Gasteiger partial charge in [-0.15, -0.1) is 0 Å². The Morgan fingerprint density at radius 2 is 0.851 bits per heavy atom. The summed E-state index contributed by atoms with van der Waals surface area (Å²) in [7, 11) is -9.48. The predicted molar refractivity (Wildman–Crippen MR) is 154 cm³/mol. The van der Waals surface area contributed by atoms with Crippen molar-refractivity contribution in [3.8, 4) is 11.5 Å². The lowest BCUT2D eigenvalue weighted by atomic mass is 9.68. The van der Waals surface area contributed by atoms with Gasteiger partial charge in [0.1, 0.15) is 26.8 Å². The fourth-order valence-corrected chi connectivity index (χ4v) is 6.69. The Morgan fingerprint density at radius 1 is 0.468 bits per heavy atom. The Kier molecular flexibility index (Phi) is 8.81. The van der Waals surface area contributed by atoms with Gasteiger partial charge in [0.05, 0.1) is 0 Å². The van der Waals surface area contributed by atoms with Crippen molar-refractivity contribution in [1.82, 2.24) is 0 Å². The van der Waals surface area contributed by atoms with Crippen LogP contribution in [0.3, 0.4) is 0 Å². The molecule has 0 aliphatic carbocycles. The molecule has 0 saturated carbocycles. The van der Waals surface area contributed by atoms with E-state index >= 15 is 22.0 Å². The lowest BCUT2D eigenvalue weighted by molar-refractivity contribution is -0.166. The molecule has 0 aromatic heterocycles. The molecule has 0 aliphatic heterocycles.